The van der Waals surface area contributed by atoms with Crippen LogP contribution in [0.25, 0.3) is 0 Å². The van der Waals surface area contributed by atoms with Crippen LogP contribution in [0.3, 0.4) is 0 Å². The molecule has 0 bridgehead atoms. The highest BCUT2D eigenvalue weighted by Crippen LogP contribution is 2.05. The zero-order chi connectivity index (χ0) is 5.82. The van der Waals surface area contributed by atoms with Crippen molar-refractivity contribution in [3.05, 3.63) is 0 Å². The molecular formula is C6H9NO. The lowest BCUT2D eigenvalue weighted by atomic mass is 10.0. The molecule has 0 fully saturated rings. The molecule has 0 saturated carbocycles. The van der Waals surface area contributed by atoms with Crippen LogP contribution in [0, 0.1) is 5.92 Å². The third-order valence-corrected chi connectivity index (χ3v) is 1.30. The molecule has 1 rings (SSSR count). The van der Waals surface area contributed by atoms with E-state index in [2.05, 4.69) is 4.99 Å². The van der Waals surface area contributed by atoms with Gasteiger partial charge in [-0.3, -0.25) is 4.99 Å². The maximum absolute atomic E-state index is 10.1. The average Bonchev–Trinajstić information content (AvgIpc) is 1.90. The Morgan fingerprint density at radius 2 is 2.62 bits per heavy atom. The second-order valence-corrected chi connectivity index (χ2v) is 2.00. The molecule has 0 aromatic rings. The predicted molar refractivity (Wildman–Crippen MR) is 32.1 cm³/mol. The Bertz CT molecular complexity index is 109. The SMILES string of the molecule is O=CC1C=NCCC1. The summed E-state index contributed by atoms with van der Waals surface area (Å²) >= 11 is 0. The first-order valence-corrected chi connectivity index (χ1v) is 2.89. The van der Waals surface area contributed by atoms with Gasteiger partial charge in [0.1, 0.15) is 6.29 Å². The van der Waals surface area contributed by atoms with E-state index in [1.54, 1.807) is 6.21 Å². The first-order chi connectivity index (χ1) is 3.93. The third kappa shape index (κ3) is 1.15. The number of hydrogen-bond acceptors (Lipinski definition) is 2. The molecule has 0 radical (unpaired) electrons. The first-order valence-electron chi connectivity index (χ1n) is 2.89. The van der Waals surface area contributed by atoms with Gasteiger partial charge in [-0.25, -0.2) is 0 Å². The fourth-order valence-corrected chi connectivity index (χ4v) is 0.806. The Hall–Kier alpha value is -0.660. The summed E-state index contributed by atoms with van der Waals surface area (Å²) in [5, 5.41) is 0. The second kappa shape index (κ2) is 2.60. The van der Waals surface area contributed by atoms with E-state index in [4.69, 9.17) is 0 Å². The maximum atomic E-state index is 10.1. The molecule has 0 N–H and O–H groups in total. The number of carbonyl (C=O) groups is 1. The minimum Gasteiger partial charge on any atom is -0.303 e. The summed E-state index contributed by atoms with van der Waals surface area (Å²) in [6.45, 7) is 0.907. The second-order valence-electron chi connectivity index (χ2n) is 2.00. The monoisotopic (exact) mass is 111 g/mol. The summed E-state index contributed by atoms with van der Waals surface area (Å²) in [5.41, 5.74) is 0. The topological polar surface area (TPSA) is 29.4 Å². The first kappa shape index (κ1) is 5.48. The molecular weight excluding hydrogens is 102 g/mol. The zero-order valence-corrected chi connectivity index (χ0v) is 4.71. The number of aliphatic imine (C=N–C) groups is 1. The van der Waals surface area contributed by atoms with Gasteiger partial charge in [0.2, 0.25) is 0 Å². The highest BCUT2D eigenvalue weighted by molar-refractivity contribution is 5.80. The van der Waals surface area contributed by atoms with Crippen LogP contribution in [0.5, 0.6) is 0 Å². The molecule has 2 heteroatoms. The number of carbonyl (C=O) groups excluding carboxylic acids is 1. The van der Waals surface area contributed by atoms with Crippen molar-refractivity contribution in [3.8, 4) is 0 Å². The lowest BCUT2D eigenvalue weighted by Gasteiger charge is -2.06. The van der Waals surface area contributed by atoms with E-state index >= 15 is 0 Å². The van der Waals surface area contributed by atoms with Gasteiger partial charge < -0.3 is 4.79 Å². The Labute approximate surface area is 48.6 Å². The summed E-state index contributed by atoms with van der Waals surface area (Å²) in [7, 11) is 0. The van der Waals surface area contributed by atoms with E-state index in [0.717, 1.165) is 25.7 Å². The molecule has 0 spiro atoms. The fraction of sp³-hybridized carbons (Fsp3) is 0.667. The van der Waals surface area contributed by atoms with Crippen LogP contribution in [0.15, 0.2) is 4.99 Å². The van der Waals surface area contributed by atoms with Crippen molar-refractivity contribution < 1.29 is 4.79 Å². The van der Waals surface area contributed by atoms with Crippen LogP contribution >= 0.6 is 0 Å². The van der Waals surface area contributed by atoms with Gasteiger partial charge >= 0.3 is 0 Å². The standard InChI is InChI=1S/C6H9NO/c8-5-6-2-1-3-7-4-6/h4-6H,1-3H2. The van der Waals surface area contributed by atoms with Crippen molar-refractivity contribution in [3.63, 3.8) is 0 Å². The smallest absolute Gasteiger partial charge is 0.128 e. The van der Waals surface area contributed by atoms with E-state index < -0.39 is 0 Å². The highest BCUT2D eigenvalue weighted by atomic mass is 16.1. The number of rotatable bonds is 1. The van der Waals surface area contributed by atoms with E-state index in [1.807, 2.05) is 0 Å². The molecule has 1 unspecified atom stereocenters. The fourth-order valence-electron chi connectivity index (χ4n) is 0.806. The van der Waals surface area contributed by atoms with Crippen LogP contribution in [0.4, 0.5) is 0 Å². The maximum Gasteiger partial charge on any atom is 0.128 e. The zero-order valence-electron chi connectivity index (χ0n) is 4.71. The minimum atomic E-state index is 0.115. The lowest BCUT2D eigenvalue weighted by molar-refractivity contribution is -0.109. The van der Waals surface area contributed by atoms with Crippen molar-refractivity contribution in [1.29, 1.82) is 0 Å². The van der Waals surface area contributed by atoms with Crippen LogP contribution in [0.2, 0.25) is 0 Å². The Kier molecular flexibility index (Phi) is 1.78. The quantitative estimate of drug-likeness (QED) is 0.457. The van der Waals surface area contributed by atoms with Crippen LogP contribution < -0.4 is 0 Å². The number of hydrogen-bond donors (Lipinski definition) is 0. The predicted octanol–water partition coefficient (Wildman–Crippen LogP) is 0.666. The van der Waals surface area contributed by atoms with E-state index in [9.17, 15) is 4.79 Å². The van der Waals surface area contributed by atoms with Crippen LogP contribution in [-0.2, 0) is 4.79 Å². The summed E-state index contributed by atoms with van der Waals surface area (Å²) in [6.07, 6.45) is 4.77. The van der Waals surface area contributed by atoms with Crippen molar-refractivity contribution >= 4 is 12.5 Å². The average molecular weight is 111 g/mol. The number of nitrogens with zero attached hydrogens (tertiary/aromatic N) is 1. The van der Waals surface area contributed by atoms with Gasteiger partial charge in [0.25, 0.3) is 0 Å². The third-order valence-electron chi connectivity index (χ3n) is 1.30. The molecule has 2 nitrogen and oxygen atoms in total. The van der Waals surface area contributed by atoms with E-state index in [1.165, 1.54) is 0 Å². The van der Waals surface area contributed by atoms with Gasteiger partial charge in [0, 0.05) is 18.7 Å². The van der Waals surface area contributed by atoms with Gasteiger partial charge in [0.05, 0.1) is 0 Å². The molecule has 1 heterocycles. The molecule has 1 atom stereocenters. The largest absolute Gasteiger partial charge is 0.303 e. The minimum absolute atomic E-state index is 0.115. The van der Waals surface area contributed by atoms with Crippen LogP contribution in [-0.4, -0.2) is 19.0 Å². The molecule has 1 aliphatic rings. The Balaban J connectivity index is 2.42. The summed E-state index contributed by atoms with van der Waals surface area (Å²) in [6, 6.07) is 0. The van der Waals surface area contributed by atoms with Gasteiger partial charge in [0.15, 0.2) is 0 Å². The molecule has 0 aromatic carbocycles. The molecule has 0 amide bonds. The van der Waals surface area contributed by atoms with Crippen molar-refractivity contribution in [2.24, 2.45) is 10.9 Å². The van der Waals surface area contributed by atoms with Gasteiger partial charge in [-0.1, -0.05) is 0 Å². The van der Waals surface area contributed by atoms with Crippen LogP contribution in [0.1, 0.15) is 12.8 Å². The normalized spacial score (nSPS) is 27.8. The summed E-state index contributed by atoms with van der Waals surface area (Å²) in [4.78, 5) is 14.0. The molecule has 0 aromatic heterocycles. The van der Waals surface area contributed by atoms with E-state index in [0.29, 0.717) is 0 Å². The summed E-state index contributed by atoms with van der Waals surface area (Å²) < 4.78 is 0. The summed E-state index contributed by atoms with van der Waals surface area (Å²) in [5.74, 6) is 0.115. The van der Waals surface area contributed by atoms with Crippen molar-refractivity contribution in [2.45, 2.75) is 12.8 Å². The Morgan fingerprint density at radius 1 is 1.75 bits per heavy atom. The lowest BCUT2D eigenvalue weighted by Crippen LogP contribution is -2.08. The molecule has 0 aliphatic carbocycles. The Morgan fingerprint density at radius 3 is 3.00 bits per heavy atom. The van der Waals surface area contributed by atoms with Crippen molar-refractivity contribution in [1.82, 2.24) is 0 Å². The van der Waals surface area contributed by atoms with Gasteiger partial charge in [-0.05, 0) is 12.8 Å². The number of aldehydes is 1. The molecule has 8 heavy (non-hydrogen) atoms. The van der Waals surface area contributed by atoms with Gasteiger partial charge in [-0.2, -0.15) is 0 Å². The van der Waals surface area contributed by atoms with Crippen molar-refractivity contribution in [2.75, 3.05) is 6.54 Å². The highest BCUT2D eigenvalue weighted by Gasteiger charge is 2.05. The molecule has 1 aliphatic heterocycles. The van der Waals surface area contributed by atoms with Gasteiger partial charge in [-0.15, -0.1) is 0 Å². The molecule has 0 saturated heterocycles. The molecule has 44 valence electrons. The van der Waals surface area contributed by atoms with E-state index in [-0.39, 0.29) is 5.92 Å².